The summed E-state index contributed by atoms with van der Waals surface area (Å²) >= 11 is 0. The summed E-state index contributed by atoms with van der Waals surface area (Å²) in [7, 11) is 4.03. The van der Waals surface area contributed by atoms with Crippen molar-refractivity contribution in [2.24, 2.45) is 18.9 Å². The molecule has 1 aromatic carbocycles. The van der Waals surface area contributed by atoms with E-state index < -0.39 is 0 Å². The maximum atomic E-state index is 13.2. The van der Waals surface area contributed by atoms with E-state index in [1.807, 2.05) is 14.1 Å². The third kappa shape index (κ3) is 1.51. The van der Waals surface area contributed by atoms with Crippen molar-refractivity contribution in [1.82, 2.24) is 14.9 Å². The van der Waals surface area contributed by atoms with Crippen LogP contribution in [0.25, 0.3) is 11.0 Å². The Morgan fingerprint density at radius 3 is 2.74 bits per heavy atom. The quantitative estimate of drug-likeness (QED) is 0.885. The first-order valence-corrected chi connectivity index (χ1v) is 6.73. The van der Waals surface area contributed by atoms with Crippen molar-refractivity contribution in [1.29, 1.82) is 0 Å². The van der Waals surface area contributed by atoms with Crippen LogP contribution in [0.5, 0.6) is 0 Å². The summed E-state index contributed by atoms with van der Waals surface area (Å²) in [5, 5.41) is 3.36. The zero-order chi connectivity index (χ0) is 13.1. The molecule has 5 heteroatoms. The van der Waals surface area contributed by atoms with Crippen molar-refractivity contribution in [3.63, 3.8) is 0 Å². The van der Waals surface area contributed by atoms with Crippen molar-refractivity contribution in [2.75, 3.05) is 25.0 Å². The number of rotatable bonds is 2. The number of aryl methyl sites for hydroxylation is 1. The lowest BCUT2D eigenvalue weighted by molar-refractivity contribution is 0.629. The molecule has 2 aromatic rings. The van der Waals surface area contributed by atoms with Gasteiger partial charge in [-0.25, -0.2) is 9.37 Å². The minimum Gasteiger partial charge on any atom is -0.342 e. The molecule has 1 N–H and O–H groups in total. The molecule has 2 heterocycles. The fourth-order valence-corrected chi connectivity index (χ4v) is 3.56. The topological polar surface area (TPSA) is 33.1 Å². The zero-order valence-electron chi connectivity index (χ0n) is 11.1. The van der Waals surface area contributed by atoms with Gasteiger partial charge in [-0.1, -0.05) is 0 Å². The number of hydrogen-bond donors (Lipinski definition) is 1. The smallest absolute Gasteiger partial charge is 0.206 e. The molecule has 1 aromatic heterocycles. The van der Waals surface area contributed by atoms with E-state index in [0.717, 1.165) is 41.9 Å². The molecule has 4 rings (SSSR count). The van der Waals surface area contributed by atoms with Crippen LogP contribution in [0.4, 0.5) is 10.3 Å². The van der Waals surface area contributed by atoms with E-state index >= 15 is 0 Å². The lowest BCUT2D eigenvalue weighted by Crippen LogP contribution is -2.31. The second kappa shape index (κ2) is 3.70. The summed E-state index contributed by atoms with van der Waals surface area (Å²) < 4.78 is 15.3. The number of piperidine rings is 1. The highest BCUT2D eigenvalue weighted by Crippen LogP contribution is 2.46. The monoisotopic (exact) mass is 260 g/mol. The first-order valence-electron chi connectivity index (χ1n) is 6.73. The van der Waals surface area contributed by atoms with Crippen LogP contribution in [0.1, 0.15) is 0 Å². The molecule has 3 atom stereocenters. The van der Waals surface area contributed by atoms with Crippen LogP contribution in [-0.4, -0.2) is 35.7 Å². The average Bonchev–Trinajstić information content (AvgIpc) is 2.73. The third-order valence-corrected chi connectivity index (χ3v) is 4.63. The summed E-state index contributed by atoms with van der Waals surface area (Å²) in [5.41, 5.74) is 1.73. The number of benzene rings is 1. The van der Waals surface area contributed by atoms with Gasteiger partial charge in [-0.3, -0.25) is 0 Å². The Kier molecular flexibility index (Phi) is 2.18. The van der Waals surface area contributed by atoms with Crippen molar-refractivity contribution >= 4 is 17.0 Å². The number of fused-ring (bicyclic) bond motifs is 2. The Morgan fingerprint density at radius 1 is 1.32 bits per heavy atom. The minimum absolute atomic E-state index is 0.225. The van der Waals surface area contributed by atoms with Gasteiger partial charge in [0.2, 0.25) is 5.95 Å². The SMILES string of the molecule is CN[C@H]1[C@@H]2CN(c3nc4cc(F)ccc4n3C)C[C@@H]21. The number of aromatic nitrogens is 2. The second-order valence-corrected chi connectivity index (χ2v) is 5.65. The predicted molar refractivity (Wildman–Crippen MR) is 72.7 cm³/mol. The van der Waals surface area contributed by atoms with Gasteiger partial charge in [0.1, 0.15) is 5.82 Å². The van der Waals surface area contributed by atoms with E-state index in [-0.39, 0.29) is 5.82 Å². The minimum atomic E-state index is -0.225. The van der Waals surface area contributed by atoms with E-state index in [0.29, 0.717) is 6.04 Å². The van der Waals surface area contributed by atoms with Gasteiger partial charge in [0.15, 0.2) is 0 Å². The van der Waals surface area contributed by atoms with Gasteiger partial charge in [-0.2, -0.15) is 0 Å². The molecule has 0 amide bonds. The Balaban J connectivity index is 1.67. The van der Waals surface area contributed by atoms with Gasteiger partial charge >= 0.3 is 0 Å². The lowest BCUT2D eigenvalue weighted by atomic mass is 10.3. The molecule has 2 fully saturated rings. The first kappa shape index (κ1) is 11.2. The zero-order valence-corrected chi connectivity index (χ0v) is 11.1. The third-order valence-electron chi connectivity index (χ3n) is 4.63. The van der Waals surface area contributed by atoms with Crippen LogP contribution in [0.15, 0.2) is 18.2 Å². The highest BCUT2D eigenvalue weighted by molar-refractivity contribution is 5.79. The summed E-state index contributed by atoms with van der Waals surface area (Å²) in [4.78, 5) is 6.91. The van der Waals surface area contributed by atoms with E-state index in [4.69, 9.17) is 0 Å². The maximum Gasteiger partial charge on any atom is 0.206 e. The molecule has 2 aliphatic rings. The van der Waals surface area contributed by atoms with Gasteiger partial charge in [0, 0.05) is 32.2 Å². The first-order chi connectivity index (χ1) is 9.19. The Morgan fingerprint density at radius 2 is 2.05 bits per heavy atom. The molecule has 1 saturated heterocycles. The summed E-state index contributed by atoms with van der Waals surface area (Å²) in [6, 6.07) is 5.48. The highest BCUT2D eigenvalue weighted by atomic mass is 19.1. The van der Waals surface area contributed by atoms with Crippen LogP contribution in [0.3, 0.4) is 0 Å². The molecule has 19 heavy (non-hydrogen) atoms. The predicted octanol–water partition coefficient (Wildman–Crippen LogP) is 1.37. The van der Waals surface area contributed by atoms with Crippen molar-refractivity contribution in [3.8, 4) is 0 Å². The lowest BCUT2D eigenvalue weighted by Gasteiger charge is -2.20. The van der Waals surface area contributed by atoms with E-state index in [9.17, 15) is 4.39 Å². The van der Waals surface area contributed by atoms with Gasteiger partial charge in [0.05, 0.1) is 11.0 Å². The maximum absolute atomic E-state index is 13.2. The largest absolute Gasteiger partial charge is 0.342 e. The molecular formula is C14H17FN4. The van der Waals surface area contributed by atoms with Crippen LogP contribution in [0, 0.1) is 17.7 Å². The molecule has 0 unspecified atom stereocenters. The summed E-state index contributed by atoms with van der Waals surface area (Å²) in [6.45, 7) is 2.10. The molecule has 1 aliphatic carbocycles. The molecular weight excluding hydrogens is 243 g/mol. The number of halogens is 1. The molecule has 1 aliphatic heterocycles. The van der Waals surface area contributed by atoms with E-state index in [2.05, 4.69) is 19.8 Å². The number of hydrogen-bond acceptors (Lipinski definition) is 3. The highest BCUT2D eigenvalue weighted by Gasteiger charge is 2.55. The van der Waals surface area contributed by atoms with Crippen LogP contribution < -0.4 is 10.2 Å². The van der Waals surface area contributed by atoms with Crippen LogP contribution >= 0.6 is 0 Å². The molecule has 0 radical (unpaired) electrons. The Labute approximate surface area is 111 Å². The molecule has 0 spiro atoms. The number of nitrogens with zero attached hydrogens (tertiary/aromatic N) is 3. The van der Waals surface area contributed by atoms with E-state index in [1.54, 1.807) is 6.07 Å². The Bertz CT molecular complexity index is 638. The summed E-state index contributed by atoms with van der Waals surface area (Å²) in [5.74, 6) is 2.24. The fourth-order valence-electron chi connectivity index (χ4n) is 3.56. The van der Waals surface area contributed by atoms with Crippen LogP contribution in [0.2, 0.25) is 0 Å². The van der Waals surface area contributed by atoms with Gasteiger partial charge in [0.25, 0.3) is 0 Å². The van der Waals surface area contributed by atoms with Gasteiger partial charge in [-0.15, -0.1) is 0 Å². The normalized spacial score (nSPS) is 29.0. The molecule has 100 valence electrons. The van der Waals surface area contributed by atoms with Gasteiger partial charge < -0.3 is 14.8 Å². The fraction of sp³-hybridized carbons (Fsp3) is 0.500. The van der Waals surface area contributed by atoms with Crippen molar-refractivity contribution in [3.05, 3.63) is 24.0 Å². The van der Waals surface area contributed by atoms with Crippen molar-refractivity contribution in [2.45, 2.75) is 6.04 Å². The second-order valence-electron chi connectivity index (χ2n) is 5.65. The van der Waals surface area contributed by atoms with Crippen molar-refractivity contribution < 1.29 is 4.39 Å². The number of anilines is 1. The van der Waals surface area contributed by atoms with Gasteiger partial charge in [-0.05, 0) is 31.0 Å². The average molecular weight is 260 g/mol. The molecule has 1 saturated carbocycles. The molecule has 0 bridgehead atoms. The Hall–Kier alpha value is -1.62. The summed E-state index contributed by atoms with van der Waals surface area (Å²) in [6.07, 6.45) is 0. The number of imidazole rings is 1. The standard InChI is InChI=1S/C14H17FN4/c1-16-13-9-6-19(7-10(9)13)14-17-11-5-8(15)3-4-12(11)18(14)2/h3-5,9-10,13,16H,6-7H2,1-2H3/t9-,10+,13+. The van der Waals surface area contributed by atoms with E-state index in [1.165, 1.54) is 12.1 Å². The van der Waals surface area contributed by atoms with Crippen LogP contribution in [-0.2, 0) is 7.05 Å². The number of nitrogens with one attached hydrogen (secondary N) is 1. The molecule has 4 nitrogen and oxygen atoms in total.